The Bertz CT molecular complexity index is 1550. The molecular formula is C28H33ClF5NO5S2. The van der Waals surface area contributed by atoms with Crippen LogP contribution < -0.4 is 0 Å². The van der Waals surface area contributed by atoms with E-state index in [1.54, 1.807) is 0 Å². The van der Waals surface area contributed by atoms with Crippen LogP contribution in [0.25, 0.3) is 0 Å². The number of amides is 1. The number of piperidine rings is 1. The monoisotopic (exact) mass is 657 g/mol. The Morgan fingerprint density at radius 3 is 1.76 bits per heavy atom. The topological polar surface area (TPSA) is 88.6 Å². The van der Waals surface area contributed by atoms with Crippen LogP contribution in [0.4, 0.5) is 22.0 Å². The average molecular weight is 658 g/mol. The van der Waals surface area contributed by atoms with Crippen LogP contribution in [0.3, 0.4) is 0 Å². The maximum Gasteiger partial charge on any atom is 0.416 e. The van der Waals surface area contributed by atoms with Gasteiger partial charge in [-0.15, -0.1) is 0 Å². The molecule has 14 heteroatoms. The molecule has 0 unspecified atom stereocenters. The summed E-state index contributed by atoms with van der Waals surface area (Å²) in [6.07, 6.45) is -4.73. The van der Waals surface area contributed by atoms with Crippen LogP contribution in [0.2, 0.25) is 5.02 Å². The molecule has 1 fully saturated rings. The lowest BCUT2D eigenvalue weighted by atomic mass is 9.85. The van der Waals surface area contributed by atoms with Crippen molar-refractivity contribution in [1.82, 2.24) is 4.90 Å². The summed E-state index contributed by atoms with van der Waals surface area (Å²) < 4.78 is 118. The van der Waals surface area contributed by atoms with Crippen molar-refractivity contribution >= 4 is 37.2 Å². The van der Waals surface area contributed by atoms with Crippen LogP contribution >= 0.6 is 11.6 Å². The zero-order valence-electron chi connectivity index (χ0n) is 23.9. The number of hydrogen-bond donors (Lipinski definition) is 0. The summed E-state index contributed by atoms with van der Waals surface area (Å²) in [5, 5.41) is -0.0663. The van der Waals surface area contributed by atoms with E-state index in [4.69, 9.17) is 11.6 Å². The second-order valence-electron chi connectivity index (χ2n) is 12.1. The van der Waals surface area contributed by atoms with Crippen LogP contribution in [0, 0.1) is 5.92 Å². The molecule has 0 saturated carbocycles. The third kappa shape index (κ3) is 6.47. The highest BCUT2D eigenvalue weighted by atomic mass is 35.5. The molecule has 1 amide bonds. The highest BCUT2D eigenvalue weighted by Crippen LogP contribution is 2.42. The van der Waals surface area contributed by atoms with E-state index in [9.17, 15) is 43.6 Å². The number of benzene rings is 2. The van der Waals surface area contributed by atoms with Crippen molar-refractivity contribution in [2.45, 2.75) is 85.8 Å². The van der Waals surface area contributed by atoms with Crippen molar-refractivity contribution in [3.63, 3.8) is 0 Å². The average Bonchev–Trinajstić information content (AvgIpc) is 2.86. The van der Waals surface area contributed by atoms with E-state index < -0.39 is 69.1 Å². The molecule has 0 N–H and O–H groups in total. The molecule has 1 aliphatic rings. The van der Waals surface area contributed by atoms with Gasteiger partial charge in [-0.05, 0) is 89.8 Å². The number of carbonyl (C=O) groups excluding carboxylic acids is 1. The molecule has 0 aliphatic carbocycles. The van der Waals surface area contributed by atoms with Gasteiger partial charge in [0.2, 0.25) is 0 Å². The van der Waals surface area contributed by atoms with Crippen LogP contribution in [-0.2, 0) is 31.8 Å². The van der Waals surface area contributed by atoms with Gasteiger partial charge < -0.3 is 4.90 Å². The summed E-state index contributed by atoms with van der Waals surface area (Å²) in [5.74, 6) is -4.83. The molecule has 3 rings (SSSR count). The first-order chi connectivity index (χ1) is 18.8. The lowest BCUT2D eigenvalue weighted by molar-refractivity contribution is -0.138. The predicted octanol–water partition coefficient (Wildman–Crippen LogP) is 7.15. The summed E-state index contributed by atoms with van der Waals surface area (Å²) in [6, 6.07) is 5.02. The Hall–Kier alpha value is -2.25. The molecule has 2 aromatic rings. The number of rotatable bonds is 6. The summed E-state index contributed by atoms with van der Waals surface area (Å²) >= 11 is 6.29. The van der Waals surface area contributed by atoms with Crippen molar-refractivity contribution in [3.8, 4) is 0 Å². The van der Waals surface area contributed by atoms with Gasteiger partial charge >= 0.3 is 6.18 Å². The molecule has 0 atom stereocenters. The molecular weight excluding hydrogens is 625 g/mol. The molecule has 0 spiro atoms. The predicted molar refractivity (Wildman–Crippen MR) is 149 cm³/mol. The number of likely N-dealkylation sites (tertiary alicyclic amines) is 1. The van der Waals surface area contributed by atoms with Gasteiger partial charge in [-0.3, -0.25) is 4.79 Å². The standard InChI is InChI=1S/C28H33ClF5NO5S2/c1-25(2,3)41(37,38)20-7-8-22(23(29)16-20)24(36)35-11-9-17(10-12-35)26(4,5)42(39,40)21-14-18(27(6,30)31)13-19(15-21)28(32,33)34/h7-8,13-17H,9-12H2,1-6H3. The highest BCUT2D eigenvalue weighted by Gasteiger charge is 2.46. The van der Waals surface area contributed by atoms with Gasteiger partial charge in [-0.2, -0.15) is 13.2 Å². The van der Waals surface area contributed by atoms with Gasteiger partial charge in [-0.25, -0.2) is 25.6 Å². The number of sulfone groups is 2. The largest absolute Gasteiger partial charge is 0.416 e. The maximum atomic E-state index is 14.0. The number of carbonyl (C=O) groups is 1. The fraction of sp³-hybridized carbons (Fsp3) is 0.536. The zero-order chi connectivity index (χ0) is 32.3. The normalized spacial score (nSPS) is 16.5. The Morgan fingerprint density at radius 1 is 0.786 bits per heavy atom. The Balaban J connectivity index is 1.85. The van der Waals surface area contributed by atoms with Crippen molar-refractivity contribution in [2.75, 3.05) is 13.1 Å². The van der Waals surface area contributed by atoms with Crippen LogP contribution in [-0.4, -0.2) is 50.2 Å². The zero-order valence-corrected chi connectivity index (χ0v) is 26.3. The van der Waals surface area contributed by atoms with Crippen LogP contribution in [0.15, 0.2) is 46.2 Å². The lowest BCUT2D eigenvalue weighted by Gasteiger charge is -2.40. The molecule has 1 heterocycles. The van der Waals surface area contributed by atoms with Gasteiger partial charge in [0, 0.05) is 25.6 Å². The quantitative estimate of drug-likeness (QED) is 0.308. The summed E-state index contributed by atoms with van der Waals surface area (Å²) in [5.41, 5.74) is -2.49. The number of hydrogen-bond acceptors (Lipinski definition) is 5. The number of halogens is 6. The number of nitrogens with zero attached hydrogens (tertiary/aromatic N) is 1. The van der Waals surface area contributed by atoms with Crippen molar-refractivity contribution < 1.29 is 43.6 Å². The molecule has 0 aromatic heterocycles. The van der Waals surface area contributed by atoms with Gasteiger partial charge in [0.05, 0.1) is 35.4 Å². The Labute approximate surface area is 248 Å². The van der Waals surface area contributed by atoms with E-state index in [1.807, 2.05) is 0 Å². The summed E-state index contributed by atoms with van der Waals surface area (Å²) in [6.45, 7) is 7.83. The maximum absolute atomic E-state index is 14.0. The van der Waals surface area contributed by atoms with Crippen LogP contribution in [0.1, 0.15) is 75.9 Å². The van der Waals surface area contributed by atoms with Crippen molar-refractivity contribution in [2.24, 2.45) is 5.92 Å². The second-order valence-corrected chi connectivity index (χ2v) is 17.7. The molecule has 0 bridgehead atoms. The van der Waals surface area contributed by atoms with Crippen LogP contribution in [0.5, 0.6) is 0 Å². The molecule has 1 aliphatic heterocycles. The minimum absolute atomic E-state index is 0.0409. The molecule has 42 heavy (non-hydrogen) atoms. The molecule has 6 nitrogen and oxygen atoms in total. The lowest BCUT2D eigenvalue weighted by Crippen LogP contribution is -2.47. The number of alkyl halides is 5. The summed E-state index contributed by atoms with van der Waals surface area (Å²) in [7, 11) is -8.27. The van der Waals surface area contributed by atoms with E-state index >= 15 is 0 Å². The smallest absolute Gasteiger partial charge is 0.339 e. The second kappa shape index (κ2) is 11.0. The van der Waals surface area contributed by atoms with Gasteiger partial charge in [0.1, 0.15) is 0 Å². The van der Waals surface area contributed by atoms with E-state index in [-0.39, 0.29) is 47.5 Å². The SMILES string of the molecule is CC(F)(F)c1cc(C(F)(F)F)cc(S(=O)(=O)C(C)(C)C2CCN(C(=O)c3ccc(S(=O)(=O)C(C)(C)C)cc3Cl)CC2)c1. The Kier molecular flexibility index (Phi) is 8.99. The van der Waals surface area contributed by atoms with Gasteiger partial charge in [-0.1, -0.05) is 11.6 Å². The van der Waals surface area contributed by atoms with E-state index in [1.165, 1.54) is 57.7 Å². The van der Waals surface area contributed by atoms with E-state index in [0.717, 1.165) is 0 Å². The van der Waals surface area contributed by atoms with Gasteiger partial charge in [0.25, 0.3) is 11.8 Å². The Morgan fingerprint density at radius 2 is 1.31 bits per heavy atom. The van der Waals surface area contributed by atoms with Crippen molar-refractivity contribution in [3.05, 3.63) is 58.1 Å². The fourth-order valence-electron chi connectivity index (χ4n) is 4.83. The van der Waals surface area contributed by atoms with E-state index in [2.05, 4.69) is 0 Å². The third-order valence-corrected chi connectivity index (χ3v) is 13.2. The van der Waals surface area contributed by atoms with E-state index in [0.29, 0.717) is 19.1 Å². The molecule has 1 saturated heterocycles. The minimum atomic E-state index is -5.04. The molecule has 0 radical (unpaired) electrons. The third-order valence-electron chi connectivity index (χ3n) is 7.80. The molecule has 234 valence electrons. The minimum Gasteiger partial charge on any atom is -0.339 e. The summed E-state index contributed by atoms with van der Waals surface area (Å²) in [4.78, 5) is 13.7. The van der Waals surface area contributed by atoms with Gasteiger partial charge in [0.15, 0.2) is 19.7 Å². The first-order valence-corrected chi connectivity index (χ1v) is 16.3. The fourth-order valence-corrected chi connectivity index (χ4v) is 8.23. The van der Waals surface area contributed by atoms with Crippen molar-refractivity contribution in [1.29, 1.82) is 0 Å². The first kappa shape index (κ1) is 34.2. The highest BCUT2D eigenvalue weighted by molar-refractivity contribution is 7.93. The first-order valence-electron chi connectivity index (χ1n) is 13.0. The molecule has 2 aromatic carbocycles.